The zero-order chi connectivity index (χ0) is 11.9. The van der Waals surface area contributed by atoms with Crippen LogP contribution in [0, 0.1) is 17.8 Å². The van der Waals surface area contributed by atoms with E-state index in [0.29, 0.717) is 5.92 Å². The Morgan fingerprint density at radius 3 is 2.71 bits per heavy atom. The monoisotopic (exact) mass is 227 g/mol. The summed E-state index contributed by atoms with van der Waals surface area (Å²) in [4.78, 5) is 0. The Kier molecular flexibility index (Phi) is 4.21. The fraction of sp³-hybridized carbons (Fsp3) is 0.400. The van der Waals surface area contributed by atoms with Gasteiger partial charge in [0.2, 0.25) is 0 Å². The molecule has 0 heterocycles. The van der Waals surface area contributed by atoms with Gasteiger partial charge in [0.15, 0.2) is 0 Å². The van der Waals surface area contributed by atoms with E-state index in [1.165, 1.54) is 38.3 Å². The van der Waals surface area contributed by atoms with E-state index in [1.807, 2.05) is 24.3 Å². The largest absolute Gasteiger partial charge is 0.411 e. The minimum absolute atomic E-state index is 0.544. The number of hydrogen-bond acceptors (Lipinski definition) is 2. The second kappa shape index (κ2) is 6.10. The molecule has 2 nitrogen and oxygen atoms in total. The molecule has 0 radical (unpaired) electrons. The lowest BCUT2D eigenvalue weighted by molar-refractivity contribution is 0.322. The highest BCUT2D eigenvalue weighted by molar-refractivity contribution is 5.82. The van der Waals surface area contributed by atoms with Crippen LogP contribution in [-0.2, 0) is 0 Å². The van der Waals surface area contributed by atoms with Crippen LogP contribution in [0.15, 0.2) is 29.4 Å². The molecule has 0 unspecified atom stereocenters. The SMILES string of the molecule is O/N=C/c1ccccc1C#CC1CCCCC1. The molecule has 0 aromatic heterocycles. The first kappa shape index (κ1) is 11.7. The molecule has 88 valence electrons. The first-order chi connectivity index (χ1) is 8.40. The van der Waals surface area contributed by atoms with E-state index in [2.05, 4.69) is 17.0 Å². The van der Waals surface area contributed by atoms with E-state index in [0.717, 1.165) is 11.1 Å². The van der Waals surface area contributed by atoms with Crippen LogP contribution in [0.3, 0.4) is 0 Å². The average molecular weight is 227 g/mol. The Morgan fingerprint density at radius 2 is 1.94 bits per heavy atom. The average Bonchev–Trinajstić information content (AvgIpc) is 2.39. The maximum Gasteiger partial charge on any atom is 0.0746 e. The van der Waals surface area contributed by atoms with Crippen molar-refractivity contribution in [3.63, 3.8) is 0 Å². The molecule has 0 atom stereocenters. The van der Waals surface area contributed by atoms with Crippen molar-refractivity contribution in [1.29, 1.82) is 0 Å². The van der Waals surface area contributed by atoms with Crippen LogP contribution < -0.4 is 0 Å². The number of oxime groups is 1. The van der Waals surface area contributed by atoms with Crippen molar-refractivity contribution < 1.29 is 5.21 Å². The van der Waals surface area contributed by atoms with Gasteiger partial charge in [-0.1, -0.05) is 54.5 Å². The molecule has 0 saturated heterocycles. The highest BCUT2D eigenvalue weighted by Gasteiger charge is 2.09. The third kappa shape index (κ3) is 3.35. The lowest BCUT2D eigenvalue weighted by Gasteiger charge is -2.15. The summed E-state index contributed by atoms with van der Waals surface area (Å²) in [5.74, 6) is 7.10. The quantitative estimate of drug-likeness (QED) is 0.339. The van der Waals surface area contributed by atoms with E-state index < -0.39 is 0 Å². The van der Waals surface area contributed by atoms with Gasteiger partial charge in [-0.25, -0.2) is 0 Å². The minimum Gasteiger partial charge on any atom is -0.411 e. The summed E-state index contributed by atoms with van der Waals surface area (Å²) >= 11 is 0. The predicted octanol–water partition coefficient (Wildman–Crippen LogP) is 3.43. The van der Waals surface area contributed by atoms with Crippen LogP contribution in [0.1, 0.15) is 43.2 Å². The smallest absolute Gasteiger partial charge is 0.0746 e. The lowest BCUT2D eigenvalue weighted by Crippen LogP contribution is -2.03. The van der Waals surface area contributed by atoms with Crippen molar-refractivity contribution in [2.45, 2.75) is 32.1 Å². The van der Waals surface area contributed by atoms with Crippen molar-refractivity contribution in [2.75, 3.05) is 0 Å². The van der Waals surface area contributed by atoms with Gasteiger partial charge >= 0.3 is 0 Å². The van der Waals surface area contributed by atoms with Crippen molar-refractivity contribution >= 4 is 6.21 Å². The molecule has 1 N–H and O–H groups in total. The summed E-state index contributed by atoms with van der Waals surface area (Å²) in [5, 5.41) is 11.7. The van der Waals surface area contributed by atoms with Gasteiger partial charge in [0.1, 0.15) is 0 Å². The first-order valence-corrected chi connectivity index (χ1v) is 6.18. The zero-order valence-electron chi connectivity index (χ0n) is 9.89. The molecule has 0 bridgehead atoms. The van der Waals surface area contributed by atoms with E-state index in [4.69, 9.17) is 5.21 Å². The molecular weight excluding hydrogens is 210 g/mol. The van der Waals surface area contributed by atoms with Gasteiger partial charge in [-0.3, -0.25) is 0 Å². The van der Waals surface area contributed by atoms with Crippen LogP contribution in [0.25, 0.3) is 0 Å². The summed E-state index contributed by atoms with van der Waals surface area (Å²) in [6.45, 7) is 0. The summed E-state index contributed by atoms with van der Waals surface area (Å²) in [7, 11) is 0. The van der Waals surface area contributed by atoms with Gasteiger partial charge in [0.25, 0.3) is 0 Å². The standard InChI is InChI=1S/C15H17NO/c17-16-12-15-9-5-4-8-14(15)11-10-13-6-2-1-3-7-13/h4-5,8-9,12-13,17H,1-3,6-7H2/b16-12+. The maximum absolute atomic E-state index is 8.58. The number of nitrogens with zero attached hydrogens (tertiary/aromatic N) is 1. The Bertz CT molecular complexity index is 447. The number of benzene rings is 1. The number of rotatable bonds is 1. The maximum atomic E-state index is 8.58. The molecule has 1 aromatic carbocycles. The van der Waals surface area contributed by atoms with Gasteiger partial charge in [0.05, 0.1) is 6.21 Å². The molecule has 0 aliphatic heterocycles. The van der Waals surface area contributed by atoms with Crippen LogP contribution >= 0.6 is 0 Å². The van der Waals surface area contributed by atoms with E-state index in [1.54, 1.807) is 0 Å². The van der Waals surface area contributed by atoms with Crippen LogP contribution in [-0.4, -0.2) is 11.4 Å². The molecular formula is C15H17NO. The first-order valence-electron chi connectivity index (χ1n) is 6.18. The molecule has 1 saturated carbocycles. The lowest BCUT2D eigenvalue weighted by atomic mass is 9.89. The number of hydrogen-bond donors (Lipinski definition) is 1. The van der Waals surface area contributed by atoms with Gasteiger partial charge in [-0.05, 0) is 18.9 Å². The van der Waals surface area contributed by atoms with Crippen LogP contribution in [0.2, 0.25) is 0 Å². The Balaban J connectivity index is 2.14. The highest BCUT2D eigenvalue weighted by Crippen LogP contribution is 2.22. The third-order valence-corrected chi connectivity index (χ3v) is 3.17. The van der Waals surface area contributed by atoms with Gasteiger partial charge in [-0.15, -0.1) is 0 Å². The normalized spacial score (nSPS) is 16.7. The topological polar surface area (TPSA) is 32.6 Å². The molecule has 2 rings (SSSR count). The third-order valence-electron chi connectivity index (χ3n) is 3.17. The van der Waals surface area contributed by atoms with E-state index in [-0.39, 0.29) is 0 Å². The fourth-order valence-corrected chi connectivity index (χ4v) is 2.21. The van der Waals surface area contributed by atoms with Gasteiger partial charge < -0.3 is 5.21 Å². The predicted molar refractivity (Wildman–Crippen MR) is 69.3 cm³/mol. The van der Waals surface area contributed by atoms with E-state index >= 15 is 0 Å². The molecule has 0 spiro atoms. The van der Waals surface area contributed by atoms with E-state index in [9.17, 15) is 0 Å². The Morgan fingerprint density at radius 1 is 1.18 bits per heavy atom. The summed E-state index contributed by atoms with van der Waals surface area (Å²) in [6.07, 6.45) is 7.85. The Labute approximate surface area is 102 Å². The van der Waals surface area contributed by atoms with Crippen molar-refractivity contribution in [3.05, 3.63) is 35.4 Å². The van der Waals surface area contributed by atoms with Crippen molar-refractivity contribution in [1.82, 2.24) is 0 Å². The molecule has 1 aliphatic rings. The van der Waals surface area contributed by atoms with Crippen LogP contribution in [0.4, 0.5) is 0 Å². The molecule has 0 amide bonds. The summed E-state index contributed by atoms with van der Waals surface area (Å²) in [5.41, 5.74) is 1.81. The minimum atomic E-state index is 0.544. The van der Waals surface area contributed by atoms with Crippen molar-refractivity contribution in [3.8, 4) is 11.8 Å². The molecule has 17 heavy (non-hydrogen) atoms. The summed E-state index contributed by atoms with van der Waals surface area (Å²) in [6, 6.07) is 7.75. The molecule has 1 aromatic rings. The second-order valence-corrected chi connectivity index (χ2v) is 4.44. The second-order valence-electron chi connectivity index (χ2n) is 4.44. The van der Waals surface area contributed by atoms with Crippen LogP contribution in [0.5, 0.6) is 0 Å². The summed E-state index contributed by atoms with van der Waals surface area (Å²) < 4.78 is 0. The molecule has 1 fully saturated rings. The zero-order valence-corrected chi connectivity index (χ0v) is 9.89. The molecule has 1 aliphatic carbocycles. The Hall–Kier alpha value is -1.75. The van der Waals surface area contributed by atoms with Crippen molar-refractivity contribution in [2.24, 2.45) is 11.1 Å². The van der Waals surface area contributed by atoms with Gasteiger partial charge in [0, 0.05) is 17.0 Å². The molecule has 2 heteroatoms. The fourth-order valence-electron chi connectivity index (χ4n) is 2.21. The highest BCUT2D eigenvalue weighted by atomic mass is 16.4. The van der Waals surface area contributed by atoms with Gasteiger partial charge in [-0.2, -0.15) is 0 Å².